The molecule has 0 saturated carbocycles. The van der Waals surface area contributed by atoms with Crippen molar-refractivity contribution in [1.82, 2.24) is 4.98 Å². The molecule has 0 saturated heterocycles. The van der Waals surface area contributed by atoms with E-state index < -0.39 is 0 Å². The number of carbonyl (C=O) groups excluding carboxylic acids is 1. The SMILES string of the molecule is CC(=CC(=O)c1ccccc1)Nc1ccc2c(C)c(C)[nH]c2c1. The van der Waals surface area contributed by atoms with Gasteiger partial charge in [0.05, 0.1) is 0 Å². The van der Waals surface area contributed by atoms with Gasteiger partial charge in [0.2, 0.25) is 0 Å². The number of carbonyl (C=O) groups is 1. The van der Waals surface area contributed by atoms with Crippen LogP contribution in [0.2, 0.25) is 0 Å². The number of aryl methyl sites for hydroxylation is 2. The number of anilines is 1. The molecule has 3 rings (SSSR count). The van der Waals surface area contributed by atoms with Crippen LogP contribution in [0.4, 0.5) is 5.69 Å². The molecule has 0 fully saturated rings. The molecule has 0 aliphatic heterocycles. The normalized spacial score (nSPS) is 11.7. The van der Waals surface area contributed by atoms with Gasteiger partial charge in [0.15, 0.2) is 5.78 Å². The lowest BCUT2D eigenvalue weighted by Gasteiger charge is -2.07. The number of hydrogen-bond acceptors (Lipinski definition) is 2. The summed E-state index contributed by atoms with van der Waals surface area (Å²) in [5.74, 6) is 0.00300. The van der Waals surface area contributed by atoms with Gasteiger partial charge >= 0.3 is 0 Å². The summed E-state index contributed by atoms with van der Waals surface area (Å²) < 4.78 is 0. The molecule has 0 amide bonds. The van der Waals surface area contributed by atoms with Crippen LogP contribution in [-0.4, -0.2) is 10.8 Å². The van der Waals surface area contributed by atoms with Crippen LogP contribution in [-0.2, 0) is 0 Å². The van der Waals surface area contributed by atoms with E-state index >= 15 is 0 Å². The number of allylic oxidation sites excluding steroid dienone is 2. The molecule has 1 aromatic heterocycles. The molecule has 0 bridgehead atoms. The number of H-pyrrole nitrogens is 1. The molecule has 2 aromatic carbocycles. The van der Waals surface area contributed by atoms with Gasteiger partial charge in [0.25, 0.3) is 0 Å². The van der Waals surface area contributed by atoms with Crippen LogP contribution >= 0.6 is 0 Å². The third-order valence-electron chi connectivity index (χ3n) is 4.06. The van der Waals surface area contributed by atoms with Gasteiger partial charge in [-0.05, 0) is 38.5 Å². The third kappa shape index (κ3) is 3.19. The van der Waals surface area contributed by atoms with Crippen molar-refractivity contribution in [3.8, 4) is 0 Å². The minimum Gasteiger partial charge on any atom is -0.359 e. The molecule has 0 atom stereocenters. The Kier molecular flexibility index (Phi) is 4.02. The Hall–Kier alpha value is -2.81. The number of rotatable bonds is 4. The van der Waals surface area contributed by atoms with E-state index in [9.17, 15) is 4.79 Å². The minimum atomic E-state index is 0.00300. The quantitative estimate of drug-likeness (QED) is 0.527. The Bertz CT molecular complexity index is 889. The second-order valence-corrected chi connectivity index (χ2v) is 5.82. The molecule has 116 valence electrons. The van der Waals surface area contributed by atoms with Gasteiger partial charge in [-0.3, -0.25) is 4.79 Å². The van der Waals surface area contributed by atoms with Gasteiger partial charge in [-0.1, -0.05) is 36.4 Å². The van der Waals surface area contributed by atoms with Crippen LogP contribution in [0.25, 0.3) is 10.9 Å². The maximum Gasteiger partial charge on any atom is 0.187 e. The molecule has 0 radical (unpaired) electrons. The Morgan fingerprint density at radius 1 is 1.09 bits per heavy atom. The van der Waals surface area contributed by atoms with Crippen LogP contribution in [0.5, 0.6) is 0 Å². The lowest BCUT2D eigenvalue weighted by atomic mass is 10.1. The second-order valence-electron chi connectivity index (χ2n) is 5.82. The van der Waals surface area contributed by atoms with Gasteiger partial charge in [0, 0.05) is 39.6 Å². The Morgan fingerprint density at radius 2 is 1.83 bits per heavy atom. The molecular weight excluding hydrogens is 284 g/mol. The number of aromatic amines is 1. The first-order valence-corrected chi connectivity index (χ1v) is 7.68. The van der Waals surface area contributed by atoms with Crippen molar-refractivity contribution in [1.29, 1.82) is 0 Å². The predicted octanol–water partition coefficient (Wildman–Crippen LogP) is 4.98. The average molecular weight is 304 g/mol. The number of hydrogen-bond donors (Lipinski definition) is 2. The summed E-state index contributed by atoms with van der Waals surface area (Å²) in [4.78, 5) is 15.6. The topological polar surface area (TPSA) is 44.9 Å². The molecule has 3 heteroatoms. The molecule has 0 spiro atoms. The zero-order valence-electron chi connectivity index (χ0n) is 13.6. The number of fused-ring (bicyclic) bond motifs is 1. The third-order valence-corrected chi connectivity index (χ3v) is 4.06. The van der Waals surface area contributed by atoms with Crippen molar-refractivity contribution in [2.75, 3.05) is 5.32 Å². The summed E-state index contributed by atoms with van der Waals surface area (Å²) in [6, 6.07) is 15.5. The highest BCUT2D eigenvalue weighted by molar-refractivity contribution is 6.05. The summed E-state index contributed by atoms with van der Waals surface area (Å²) in [7, 11) is 0. The first kappa shape index (κ1) is 15.1. The van der Waals surface area contributed by atoms with Crippen molar-refractivity contribution < 1.29 is 4.79 Å². The lowest BCUT2D eigenvalue weighted by Crippen LogP contribution is -2.01. The number of aromatic nitrogens is 1. The van der Waals surface area contributed by atoms with Crippen molar-refractivity contribution in [3.63, 3.8) is 0 Å². The van der Waals surface area contributed by atoms with E-state index in [2.05, 4.69) is 36.3 Å². The highest BCUT2D eigenvalue weighted by atomic mass is 16.1. The number of nitrogens with one attached hydrogen (secondary N) is 2. The molecule has 23 heavy (non-hydrogen) atoms. The van der Waals surface area contributed by atoms with E-state index in [0.717, 1.165) is 16.9 Å². The highest BCUT2D eigenvalue weighted by Crippen LogP contribution is 2.24. The van der Waals surface area contributed by atoms with Crippen LogP contribution in [0.3, 0.4) is 0 Å². The molecule has 3 aromatic rings. The smallest absolute Gasteiger partial charge is 0.187 e. The molecular formula is C20H20N2O. The fraction of sp³-hybridized carbons (Fsp3) is 0.150. The van der Waals surface area contributed by atoms with Gasteiger partial charge in [-0.25, -0.2) is 0 Å². The molecule has 2 N–H and O–H groups in total. The monoisotopic (exact) mass is 304 g/mol. The summed E-state index contributed by atoms with van der Waals surface area (Å²) in [6.07, 6.45) is 1.63. The average Bonchev–Trinajstić information content (AvgIpc) is 2.82. The zero-order valence-corrected chi connectivity index (χ0v) is 13.6. The van der Waals surface area contributed by atoms with E-state index in [-0.39, 0.29) is 5.78 Å². The Morgan fingerprint density at radius 3 is 2.57 bits per heavy atom. The fourth-order valence-corrected chi connectivity index (χ4v) is 2.70. The van der Waals surface area contributed by atoms with Gasteiger partial charge in [-0.2, -0.15) is 0 Å². The van der Waals surface area contributed by atoms with Gasteiger partial charge < -0.3 is 10.3 Å². The lowest BCUT2D eigenvalue weighted by molar-refractivity contribution is 0.104. The molecule has 0 aliphatic rings. The zero-order chi connectivity index (χ0) is 16.4. The predicted molar refractivity (Wildman–Crippen MR) is 95.9 cm³/mol. The fourth-order valence-electron chi connectivity index (χ4n) is 2.70. The minimum absolute atomic E-state index is 0.00300. The largest absolute Gasteiger partial charge is 0.359 e. The Labute approximate surface area is 136 Å². The van der Waals surface area contributed by atoms with Crippen LogP contribution in [0.1, 0.15) is 28.5 Å². The van der Waals surface area contributed by atoms with Crippen LogP contribution in [0.15, 0.2) is 60.3 Å². The van der Waals surface area contributed by atoms with Crippen LogP contribution < -0.4 is 5.32 Å². The summed E-state index contributed by atoms with van der Waals surface area (Å²) in [6.45, 7) is 6.09. The van der Waals surface area contributed by atoms with E-state index in [1.165, 1.54) is 16.6 Å². The highest BCUT2D eigenvalue weighted by Gasteiger charge is 2.06. The van der Waals surface area contributed by atoms with Crippen molar-refractivity contribution in [2.24, 2.45) is 0 Å². The number of benzene rings is 2. The summed E-state index contributed by atoms with van der Waals surface area (Å²) in [5.41, 5.74) is 6.04. The summed E-state index contributed by atoms with van der Waals surface area (Å²) in [5, 5.41) is 4.52. The van der Waals surface area contributed by atoms with E-state index in [1.54, 1.807) is 6.08 Å². The summed E-state index contributed by atoms with van der Waals surface area (Å²) >= 11 is 0. The van der Waals surface area contributed by atoms with E-state index in [1.807, 2.05) is 43.3 Å². The first-order valence-electron chi connectivity index (χ1n) is 7.68. The molecule has 0 aliphatic carbocycles. The molecule has 3 nitrogen and oxygen atoms in total. The van der Waals surface area contributed by atoms with Crippen molar-refractivity contribution >= 4 is 22.4 Å². The number of ketones is 1. The standard InChI is InChI=1S/C20H20N2O/c1-13(11-20(23)16-7-5-4-6-8-16)21-17-9-10-18-14(2)15(3)22-19(18)12-17/h4-12,21-22H,1-3H3. The van der Waals surface area contributed by atoms with E-state index in [0.29, 0.717) is 5.56 Å². The second kappa shape index (κ2) is 6.13. The maximum absolute atomic E-state index is 12.2. The van der Waals surface area contributed by atoms with Crippen molar-refractivity contribution in [2.45, 2.75) is 20.8 Å². The Balaban J connectivity index is 1.81. The van der Waals surface area contributed by atoms with Gasteiger partial charge in [0.1, 0.15) is 0 Å². The maximum atomic E-state index is 12.2. The molecule has 0 unspecified atom stereocenters. The first-order chi connectivity index (χ1) is 11.0. The van der Waals surface area contributed by atoms with E-state index in [4.69, 9.17) is 0 Å². The van der Waals surface area contributed by atoms with Crippen molar-refractivity contribution in [3.05, 3.63) is 77.1 Å². The van der Waals surface area contributed by atoms with Crippen LogP contribution in [0, 0.1) is 13.8 Å². The molecule has 1 heterocycles. The van der Waals surface area contributed by atoms with Gasteiger partial charge in [-0.15, -0.1) is 0 Å².